The van der Waals surface area contributed by atoms with Crippen molar-refractivity contribution >= 4 is 5.69 Å². The van der Waals surface area contributed by atoms with Gasteiger partial charge in [-0.15, -0.1) is 0 Å². The SMILES string of the molecule is CCCCCC(CCCCC)Nc1cnn(C(C)C)c1. The summed E-state index contributed by atoms with van der Waals surface area (Å²) in [4.78, 5) is 0. The Bertz CT molecular complexity index is 334. The van der Waals surface area contributed by atoms with E-state index in [9.17, 15) is 0 Å². The summed E-state index contributed by atoms with van der Waals surface area (Å²) in [6, 6.07) is 1.04. The third-order valence-electron chi connectivity index (χ3n) is 3.81. The van der Waals surface area contributed by atoms with Gasteiger partial charge >= 0.3 is 0 Å². The molecule has 0 saturated heterocycles. The molecule has 0 aliphatic heterocycles. The quantitative estimate of drug-likeness (QED) is 0.549. The van der Waals surface area contributed by atoms with E-state index in [4.69, 9.17) is 0 Å². The molecule has 20 heavy (non-hydrogen) atoms. The van der Waals surface area contributed by atoms with Gasteiger partial charge in [0.05, 0.1) is 11.9 Å². The summed E-state index contributed by atoms with van der Waals surface area (Å²) < 4.78 is 2.03. The predicted octanol–water partition coefficient (Wildman–Crippen LogP) is 5.41. The predicted molar refractivity (Wildman–Crippen MR) is 88.3 cm³/mol. The Morgan fingerprint density at radius 2 is 1.65 bits per heavy atom. The van der Waals surface area contributed by atoms with Gasteiger partial charge in [0.1, 0.15) is 0 Å². The van der Waals surface area contributed by atoms with Crippen molar-refractivity contribution in [3.63, 3.8) is 0 Å². The first-order valence-corrected chi connectivity index (χ1v) is 8.48. The summed E-state index contributed by atoms with van der Waals surface area (Å²) in [6.45, 7) is 8.87. The van der Waals surface area contributed by atoms with Gasteiger partial charge in [-0.25, -0.2) is 0 Å². The molecule has 116 valence electrons. The summed E-state index contributed by atoms with van der Waals surface area (Å²) in [5.74, 6) is 0. The van der Waals surface area contributed by atoms with Crippen LogP contribution in [0.3, 0.4) is 0 Å². The van der Waals surface area contributed by atoms with Crippen molar-refractivity contribution in [3.8, 4) is 0 Å². The lowest BCUT2D eigenvalue weighted by atomic mass is 10.0. The highest BCUT2D eigenvalue weighted by atomic mass is 15.3. The molecule has 0 saturated carbocycles. The summed E-state index contributed by atoms with van der Waals surface area (Å²) >= 11 is 0. The normalized spacial score (nSPS) is 11.5. The van der Waals surface area contributed by atoms with Crippen LogP contribution >= 0.6 is 0 Å². The second-order valence-electron chi connectivity index (χ2n) is 6.14. The summed E-state index contributed by atoms with van der Waals surface area (Å²) in [5.41, 5.74) is 1.18. The molecule has 0 radical (unpaired) electrons. The van der Waals surface area contributed by atoms with Crippen LogP contribution in [-0.2, 0) is 0 Å². The van der Waals surface area contributed by atoms with E-state index in [1.165, 1.54) is 57.1 Å². The third kappa shape index (κ3) is 6.44. The molecule has 0 amide bonds. The first-order valence-electron chi connectivity index (χ1n) is 8.48. The van der Waals surface area contributed by atoms with Gasteiger partial charge in [0.25, 0.3) is 0 Å². The van der Waals surface area contributed by atoms with Gasteiger partial charge in [-0.05, 0) is 26.7 Å². The van der Waals surface area contributed by atoms with Crippen LogP contribution in [0.5, 0.6) is 0 Å². The van der Waals surface area contributed by atoms with E-state index in [-0.39, 0.29) is 0 Å². The highest BCUT2D eigenvalue weighted by molar-refractivity contribution is 5.39. The van der Waals surface area contributed by atoms with Crippen LogP contribution in [0.15, 0.2) is 12.4 Å². The Balaban J connectivity index is 2.47. The lowest BCUT2D eigenvalue weighted by Gasteiger charge is -2.18. The van der Waals surface area contributed by atoms with Crippen LogP contribution in [0.1, 0.15) is 85.1 Å². The molecule has 3 nitrogen and oxygen atoms in total. The average Bonchev–Trinajstić information content (AvgIpc) is 2.88. The molecule has 0 fully saturated rings. The fourth-order valence-corrected chi connectivity index (χ4v) is 2.50. The van der Waals surface area contributed by atoms with Crippen molar-refractivity contribution in [1.82, 2.24) is 9.78 Å². The number of rotatable bonds is 11. The van der Waals surface area contributed by atoms with Crippen LogP contribution < -0.4 is 5.32 Å². The zero-order valence-corrected chi connectivity index (χ0v) is 13.9. The Labute approximate surface area is 125 Å². The highest BCUT2D eigenvalue weighted by Gasteiger charge is 2.10. The molecule has 0 aromatic carbocycles. The molecule has 3 heteroatoms. The van der Waals surface area contributed by atoms with Gasteiger partial charge < -0.3 is 5.32 Å². The number of hydrogen-bond donors (Lipinski definition) is 1. The number of unbranched alkanes of at least 4 members (excludes halogenated alkanes) is 4. The molecule has 0 bridgehead atoms. The Morgan fingerprint density at radius 1 is 1.05 bits per heavy atom. The Kier molecular flexibility index (Phi) is 8.40. The first kappa shape index (κ1) is 17.1. The van der Waals surface area contributed by atoms with E-state index in [2.05, 4.69) is 44.3 Å². The standard InChI is InChI=1S/C17H33N3/c1-5-7-9-11-16(12-10-8-6-2)19-17-13-18-20(14-17)15(3)4/h13-16,19H,5-12H2,1-4H3. The summed E-state index contributed by atoms with van der Waals surface area (Å²) in [5, 5.41) is 8.10. The van der Waals surface area contributed by atoms with E-state index in [0.29, 0.717) is 12.1 Å². The second kappa shape index (κ2) is 9.84. The van der Waals surface area contributed by atoms with E-state index in [0.717, 1.165) is 0 Å². The number of hydrogen-bond acceptors (Lipinski definition) is 2. The lowest BCUT2D eigenvalue weighted by Crippen LogP contribution is -2.19. The molecule has 1 aromatic rings. The number of nitrogens with one attached hydrogen (secondary N) is 1. The maximum absolute atomic E-state index is 4.42. The van der Waals surface area contributed by atoms with Crippen LogP contribution in [0, 0.1) is 0 Å². The summed E-state index contributed by atoms with van der Waals surface area (Å²) in [7, 11) is 0. The van der Waals surface area contributed by atoms with Gasteiger partial charge in [0.2, 0.25) is 0 Å². The minimum Gasteiger partial charge on any atom is -0.380 e. The fraction of sp³-hybridized carbons (Fsp3) is 0.824. The Hall–Kier alpha value is -0.990. The van der Waals surface area contributed by atoms with Crippen LogP contribution in [0.2, 0.25) is 0 Å². The zero-order chi connectivity index (χ0) is 14.8. The van der Waals surface area contributed by atoms with E-state index in [1.807, 2.05) is 10.9 Å². The van der Waals surface area contributed by atoms with Crippen molar-refractivity contribution in [2.24, 2.45) is 0 Å². The average molecular weight is 279 g/mol. The van der Waals surface area contributed by atoms with Crippen molar-refractivity contribution in [2.45, 2.75) is 91.1 Å². The molecular weight excluding hydrogens is 246 g/mol. The van der Waals surface area contributed by atoms with Crippen LogP contribution in [0.4, 0.5) is 5.69 Å². The number of nitrogens with zero attached hydrogens (tertiary/aromatic N) is 2. The van der Waals surface area contributed by atoms with Crippen molar-refractivity contribution in [1.29, 1.82) is 0 Å². The minimum absolute atomic E-state index is 0.434. The molecule has 0 spiro atoms. The zero-order valence-electron chi connectivity index (χ0n) is 13.9. The maximum Gasteiger partial charge on any atom is 0.0728 e. The highest BCUT2D eigenvalue weighted by Crippen LogP contribution is 2.17. The first-order chi connectivity index (χ1) is 9.67. The van der Waals surface area contributed by atoms with Crippen LogP contribution in [0.25, 0.3) is 0 Å². The monoisotopic (exact) mass is 279 g/mol. The molecule has 0 atom stereocenters. The van der Waals surface area contributed by atoms with Crippen molar-refractivity contribution in [2.75, 3.05) is 5.32 Å². The van der Waals surface area contributed by atoms with Crippen molar-refractivity contribution in [3.05, 3.63) is 12.4 Å². The van der Waals surface area contributed by atoms with Gasteiger partial charge in [0.15, 0.2) is 0 Å². The van der Waals surface area contributed by atoms with E-state index >= 15 is 0 Å². The minimum atomic E-state index is 0.434. The smallest absolute Gasteiger partial charge is 0.0728 e. The van der Waals surface area contributed by atoms with Gasteiger partial charge in [0, 0.05) is 18.3 Å². The lowest BCUT2D eigenvalue weighted by molar-refractivity contribution is 0.524. The number of anilines is 1. The maximum atomic E-state index is 4.42. The largest absolute Gasteiger partial charge is 0.380 e. The van der Waals surface area contributed by atoms with Crippen molar-refractivity contribution < 1.29 is 0 Å². The molecule has 1 aromatic heterocycles. The third-order valence-corrected chi connectivity index (χ3v) is 3.81. The fourth-order valence-electron chi connectivity index (χ4n) is 2.50. The summed E-state index contributed by atoms with van der Waals surface area (Å²) in [6.07, 6.45) is 14.6. The molecule has 1 rings (SSSR count). The molecule has 0 unspecified atom stereocenters. The van der Waals surface area contributed by atoms with Gasteiger partial charge in [-0.2, -0.15) is 5.10 Å². The Morgan fingerprint density at radius 3 is 2.10 bits per heavy atom. The molecule has 1 N–H and O–H groups in total. The molecular formula is C17H33N3. The molecule has 1 heterocycles. The van der Waals surface area contributed by atoms with Gasteiger partial charge in [-0.3, -0.25) is 4.68 Å². The van der Waals surface area contributed by atoms with Crippen LogP contribution in [-0.4, -0.2) is 15.8 Å². The second-order valence-corrected chi connectivity index (χ2v) is 6.14. The number of aromatic nitrogens is 2. The van der Waals surface area contributed by atoms with E-state index < -0.39 is 0 Å². The molecule has 0 aliphatic carbocycles. The molecule has 0 aliphatic rings. The van der Waals surface area contributed by atoms with E-state index in [1.54, 1.807) is 0 Å². The van der Waals surface area contributed by atoms with Gasteiger partial charge in [-0.1, -0.05) is 52.4 Å². The topological polar surface area (TPSA) is 29.9 Å².